The normalized spacial score (nSPS) is 10.7. The summed E-state index contributed by atoms with van der Waals surface area (Å²) >= 11 is 0. The highest BCUT2D eigenvalue weighted by molar-refractivity contribution is 5.95. The zero-order valence-electron chi connectivity index (χ0n) is 16.1. The second-order valence-corrected chi connectivity index (χ2v) is 6.71. The molecule has 0 bridgehead atoms. The van der Waals surface area contributed by atoms with Gasteiger partial charge in [-0.25, -0.2) is 4.39 Å². The summed E-state index contributed by atoms with van der Waals surface area (Å²) in [5.74, 6) is 0.597. The second kappa shape index (κ2) is 8.03. The Morgan fingerprint density at radius 3 is 2.46 bits per heavy atom. The summed E-state index contributed by atoms with van der Waals surface area (Å²) in [6.45, 7) is 4.83. The molecule has 144 valence electrons. The Balaban J connectivity index is 0.00000225. The smallest absolute Gasteiger partial charge is 0.123 e. The molecule has 0 fully saturated rings. The van der Waals surface area contributed by atoms with Crippen LogP contribution in [0.3, 0.4) is 0 Å². The lowest BCUT2D eigenvalue weighted by Gasteiger charge is -2.12. The molecule has 0 atom stereocenters. The van der Waals surface area contributed by atoms with E-state index in [1.54, 1.807) is 19.2 Å². The van der Waals surface area contributed by atoms with Gasteiger partial charge < -0.3 is 9.30 Å². The molecule has 0 saturated carbocycles. The first-order valence-corrected chi connectivity index (χ1v) is 8.91. The molecule has 0 unspecified atom stereocenters. The van der Waals surface area contributed by atoms with Crippen molar-refractivity contribution in [3.05, 3.63) is 83.4 Å². The van der Waals surface area contributed by atoms with Crippen molar-refractivity contribution in [2.45, 2.75) is 20.4 Å². The summed E-state index contributed by atoms with van der Waals surface area (Å²) < 4.78 is 21.2. The molecule has 0 spiro atoms. The largest absolute Gasteiger partial charge is 0.497 e. The number of halogens is 2. The van der Waals surface area contributed by atoms with E-state index in [9.17, 15) is 4.39 Å². The quantitative estimate of drug-likeness (QED) is 0.427. The van der Waals surface area contributed by atoms with Gasteiger partial charge in [0.25, 0.3) is 0 Å². The standard InChI is InChI=1S/C23H21FN2O.ClH/c1-15-16(2)26(14-17-5-4-6-19(24)13-17)23-21(15)11-12-25-22(23)18-7-9-20(27-3)10-8-18;/h4-13H,14H2,1-3H3;1H. The number of methoxy groups -OCH3 is 1. The van der Waals surface area contributed by atoms with Gasteiger partial charge in [0.05, 0.1) is 18.3 Å². The molecule has 2 heterocycles. The van der Waals surface area contributed by atoms with Crippen LogP contribution in [0.15, 0.2) is 60.8 Å². The fourth-order valence-corrected chi connectivity index (χ4v) is 3.57. The van der Waals surface area contributed by atoms with Gasteiger partial charge in [0.15, 0.2) is 0 Å². The molecule has 0 aliphatic rings. The predicted octanol–water partition coefficient (Wildman–Crippen LogP) is 5.94. The van der Waals surface area contributed by atoms with E-state index < -0.39 is 0 Å². The van der Waals surface area contributed by atoms with E-state index in [1.807, 2.05) is 42.6 Å². The molecule has 4 aromatic rings. The van der Waals surface area contributed by atoms with Crippen molar-refractivity contribution in [1.82, 2.24) is 9.55 Å². The van der Waals surface area contributed by atoms with E-state index in [0.29, 0.717) is 6.54 Å². The molecule has 0 amide bonds. The highest BCUT2D eigenvalue weighted by atomic mass is 35.5. The summed E-state index contributed by atoms with van der Waals surface area (Å²) in [4.78, 5) is 4.67. The molecule has 2 aromatic carbocycles. The number of pyridine rings is 1. The maximum Gasteiger partial charge on any atom is 0.123 e. The summed E-state index contributed by atoms with van der Waals surface area (Å²) in [5.41, 5.74) is 6.33. The Morgan fingerprint density at radius 1 is 1.04 bits per heavy atom. The van der Waals surface area contributed by atoms with Crippen molar-refractivity contribution in [3.63, 3.8) is 0 Å². The Morgan fingerprint density at radius 2 is 1.79 bits per heavy atom. The molecule has 0 N–H and O–H groups in total. The molecule has 2 aromatic heterocycles. The van der Waals surface area contributed by atoms with Crippen LogP contribution in [0, 0.1) is 19.7 Å². The molecule has 5 heteroatoms. The number of benzene rings is 2. The SMILES string of the molecule is COc1ccc(-c2nccc3c(C)c(C)n(Cc4cccc(F)c4)c23)cc1.Cl. The maximum atomic E-state index is 13.7. The lowest BCUT2D eigenvalue weighted by atomic mass is 10.1. The number of rotatable bonds is 4. The summed E-state index contributed by atoms with van der Waals surface area (Å²) in [7, 11) is 1.66. The van der Waals surface area contributed by atoms with Gasteiger partial charge in [0, 0.05) is 29.4 Å². The maximum absolute atomic E-state index is 13.7. The van der Waals surface area contributed by atoms with Gasteiger partial charge in [-0.05, 0) is 67.4 Å². The zero-order chi connectivity index (χ0) is 19.0. The van der Waals surface area contributed by atoms with Crippen LogP contribution in [-0.2, 0) is 6.54 Å². The molecule has 0 radical (unpaired) electrons. The molecule has 3 nitrogen and oxygen atoms in total. The van der Waals surface area contributed by atoms with Crippen LogP contribution in [0.25, 0.3) is 22.2 Å². The van der Waals surface area contributed by atoms with Crippen molar-refractivity contribution in [2.75, 3.05) is 7.11 Å². The molecular weight excluding hydrogens is 375 g/mol. The third kappa shape index (κ3) is 3.48. The Labute approximate surface area is 170 Å². The minimum Gasteiger partial charge on any atom is -0.497 e. The zero-order valence-corrected chi connectivity index (χ0v) is 16.9. The summed E-state index contributed by atoms with van der Waals surface area (Å²) in [6, 6.07) is 16.7. The van der Waals surface area contributed by atoms with Crippen LogP contribution in [0.2, 0.25) is 0 Å². The van der Waals surface area contributed by atoms with E-state index in [4.69, 9.17) is 4.74 Å². The first kappa shape index (κ1) is 19.9. The third-order valence-electron chi connectivity index (χ3n) is 5.14. The fourth-order valence-electron chi connectivity index (χ4n) is 3.57. The third-order valence-corrected chi connectivity index (χ3v) is 5.14. The average molecular weight is 397 g/mol. The number of nitrogens with zero attached hydrogens (tertiary/aromatic N) is 2. The van der Waals surface area contributed by atoms with E-state index in [-0.39, 0.29) is 18.2 Å². The highest BCUT2D eigenvalue weighted by Crippen LogP contribution is 2.33. The second-order valence-electron chi connectivity index (χ2n) is 6.71. The van der Waals surface area contributed by atoms with Gasteiger partial charge in [0.2, 0.25) is 0 Å². The van der Waals surface area contributed by atoms with Gasteiger partial charge >= 0.3 is 0 Å². The molecule has 0 aliphatic heterocycles. The number of hydrogen-bond acceptors (Lipinski definition) is 2. The average Bonchev–Trinajstić information content (AvgIpc) is 2.93. The number of aryl methyl sites for hydroxylation is 1. The van der Waals surface area contributed by atoms with Crippen molar-refractivity contribution in [1.29, 1.82) is 0 Å². The van der Waals surface area contributed by atoms with Crippen molar-refractivity contribution in [2.24, 2.45) is 0 Å². The van der Waals surface area contributed by atoms with Crippen LogP contribution < -0.4 is 4.74 Å². The number of hydrogen-bond donors (Lipinski definition) is 0. The van der Waals surface area contributed by atoms with E-state index in [1.165, 1.54) is 17.0 Å². The first-order chi connectivity index (χ1) is 13.1. The lowest BCUT2D eigenvalue weighted by Crippen LogP contribution is -2.03. The number of aromatic nitrogens is 2. The summed E-state index contributed by atoms with van der Waals surface area (Å²) in [6.07, 6.45) is 1.85. The minimum absolute atomic E-state index is 0. The van der Waals surface area contributed by atoms with E-state index in [0.717, 1.165) is 33.8 Å². The Kier molecular flexibility index (Phi) is 5.71. The van der Waals surface area contributed by atoms with Gasteiger partial charge in [-0.2, -0.15) is 0 Å². The van der Waals surface area contributed by atoms with Gasteiger partial charge in [0.1, 0.15) is 11.6 Å². The molecular formula is C23H22ClFN2O. The highest BCUT2D eigenvalue weighted by Gasteiger charge is 2.16. The van der Waals surface area contributed by atoms with Crippen LogP contribution in [0.1, 0.15) is 16.8 Å². The summed E-state index contributed by atoms with van der Waals surface area (Å²) in [5, 5.41) is 1.17. The molecule has 0 saturated heterocycles. The van der Waals surface area contributed by atoms with Crippen LogP contribution >= 0.6 is 12.4 Å². The van der Waals surface area contributed by atoms with Crippen LogP contribution in [0.5, 0.6) is 5.75 Å². The van der Waals surface area contributed by atoms with Crippen molar-refractivity contribution < 1.29 is 9.13 Å². The monoisotopic (exact) mass is 396 g/mol. The van der Waals surface area contributed by atoms with Crippen LogP contribution in [0.4, 0.5) is 4.39 Å². The van der Waals surface area contributed by atoms with Crippen molar-refractivity contribution in [3.8, 4) is 17.0 Å². The molecule has 28 heavy (non-hydrogen) atoms. The van der Waals surface area contributed by atoms with Gasteiger partial charge in [-0.15, -0.1) is 12.4 Å². The number of fused-ring (bicyclic) bond motifs is 1. The van der Waals surface area contributed by atoms with E-state index >= 15 is 0 Å². The van der Waals surface area contributed by atoms with Gasteiger partial charge in [-0.1, -0.05) is 12.1 Å². The van der Waals surface area contributed by atoms with Crippen molar-refractivity contribution >= 4 is 23.3 Å². The number of ether oxygens (including phenoxy) is 1. The fraction of sp³-hybridized carbons (Fsp3) is 0.174. The van der Waals surface area contributed by atoms with Gasteiger partial charge in [-0.3, -0.25) is 4.98 Å². The molecule has 4 rings (SSSR count). The predicted molar refractivity (Wildman–Crippen MR) is 114 cm³/mol. The Hall–Kier alpha value is -2.85. The lowest BCUT2D eigenvalue weighted by molar-refractivity contribution is 0.415. The molecule has 0 aliphatic carbocycles. The van der Waals surface area contributed by atoms with Crippen LogP contribution in [-0.4, -0.2) is 16.7 Å². The minimum atomic E-state index is -0.216. The van der Waals surface area contributed by atoms with E-state index in [2.05, 4.69) is 23.4 Å². The topological polar surface area (TPSA) is 27.1 Å². The Bertz CT molecular complexity index is 1120. The first-order valence-electron chi connectivity index (χ1n) is 8.91.